The number of methoxy groups -OCH3 is 1. The van der Waals surface area contributed by atoms with Gasteiger partial charge in [0, 0.05) is 31.1 Å². The fourth-order valence-corrected chi connectivity index (χ4v) is 5.41. The Hall–Kier alpha value is -3.69. The van der Waals surface area contributed by atoms with Gasteiger partial charge in [-0.25, -0.2) is 9.97 Å². The average Bonchev–Trinajstić information content (AvgIpc) is 3.39. The van der Waals surface area contributed by atoms with Crippen molar-refractivity contribution in [2.24, 2.45) is 0 Å². The van der Waals surface area contributed by atoms with E-state index in [-0.39, 0.29) is 11.7 Å². The number of aromatic amines is 1. The highest BCUT2D eigenvalue weighted by atomic mass is 16.5. The number of nitrogens with zero attached hydrogens (tertiary/aromatic N) is 4. The first-order valence-electron chi connectivity index (χ1n) is 12.3. The van der Waals surface area contributed by atoms with Crippen molar-refractivity contribution in [3.8, 4) is 22.9 Å². The van der Waals surface area contributed by atoms with Gasteiger partial charge in [0.05, 0.1) is 36.2 Å². The van der Waals surface area contributed by atoms with Gasteiger partial charge >= 0.3 is 0 Å². The van der Waals surface area contributed by atoms with E-state index in [1.165, 1.54) is 0 Å². The maximum atomic E-state index is 13.2. The van der Waals surface area contributed by atoms with Crippen molar-refractivity contribution in [3.05, 3.63) is 58.9 Å². The van der Waals surface area contributed by atoms with Crippen LogP contribution in [0.5, 0.6) is 11.6 Å². The summed E-state index contributed by atoms with van der Waals surface area (Å²) >= 11 is 0. The van der Waals surface area contributed by atoms with Gasteiger partial charge in [-0.05, 0) is 37.1 Å². The molecule has 0 aliphatic carbocycles. The van der Waals surface area contributed by atoms with Gasteiger partial charge in [-0.15, -0.1) is 6.58 Å². The molecule has 0 amide bonds. The molecule has 6 rings (SSSR count). The van der Waals surface area contributed by atoms with Crippen LogP contribution in [0.4, 0.5) is 0 Å². The molecule has 1 saturated heterocycles. The van der Waals surface area contributed by atoms with Gasteiger partial charge in [0.1, 0.15) is 23.1 Å². The van der Waals surface area contributed by atoms with Crippen LogP contribution in [0.15, 0.2) is 47.8 Å². The summed E-state index contributed by atoms with van der Waals surface area (Å²) in [5.74, 6) is 0.911. The Kier molecular flexibility index (Phi) is 5.54. The maximum absolute atomic E-state index is 13.2. The standard InChI is InChI=1S/C27H29N5O4/c1-4-6-21(33)16-12-20-25-22(13-16)36-17-11-15(2)31(14-17)9-10-32-27(34)19-8-5-7-18(23(19)30-32)24(29-25)26(28-20)35-3/h4-5,7-8,12-13,15,17,21,30,33H,1,6,9-11,14H2,2-3H3/t15-,17?,21+/m1/s1. The van der Waals surface area contributed by atoms with Crippen molar-refractivity contribution in [2.75, 3.05) is 20.2 Å². The average molecular weight is 488 g/mol. The first-order valence-corrected chi connectivity index (χ1v) is 12.3. The fourth-order valence-electron chi connectivity index (χ4n) is 5.41. The minimum absolute atomic E-state index is 0.0517. The molecule has 1 fully saturated rings. The lowest BCUT2D eigenvalue weighted by atomic mass is 10.0. The van der Waals surface area contributed by atoms with Gasteiger partial charge in [0.2, 0.25) is 5.88 Å². The van der Waals surface area contributed by atoms with E-state index >= 15 is 0 Å². The first kappa shape index (κ1) is 22.8. The normalized spacial score (nSPS) is 22.0. The second-order valence-electron chi connectivity index (χ2n) is 9.62. The predicted molar refractivity (Wildman–Crippen MR) is 137 cm³/mol. The van der Waals surface area contributed by atoms with Crippen molar-refractivity contribution in [1.29, 1.82) is 0 Å². The summed E-state index contributed by atoms with van der Waals surface area (Å²) in [5, 5.41) is 14.6. The molecule has 9 nitrogen and oxygen atoms in total. The molecule has 4 atom stereocenters. The number of para-hydroxylation sites is 1. The van der Waals surface area contributed by atoms with Crippen molar-refractivity contribution >= 4 is 21.9 Å². The lowest BCUT2D eigenvalue weighted by molar-refractivity contribution is 0.178. The number of nitrogens with one attached hydrogen (secondary N) is 1. The fraction of sp³-hybridized carbons (Fsp3) is 0.370. The van der Waals surface area contributed by atoms with E-state index in [2.05, 4.69) is 23.5 Å². The largest absolute Gasteiger partial charge is 0.487 e. The third kappa shape index (κ3) is 3.66. The molecule has 9 heteroatoms. The second-order valence-corrected chi connectivity index (χ2v) is 9.62. The van der Waals surface area contributed by atoms with Crippen LogP contribution in [0, 0.1) is 0 Å². The van der Waals surface area contributed by atoms with Gasteiger partial charge < -0.3 is 14.6 Å². The van der Waals surface area contributed by atoms with Gasteiger partial charge in [-0.1, -0.05) is 18.2 Å². The minimum Gasteiger partial charge on any atom is -0.487 e. The number of fused-ring (bicyclic) bond motifs is 5. The highest BCUT2D eigenvalue weighted by Crippen LogP contribution is 2.38. The van der Waals surface area contributed by atoms with Gasteiger partial charge in [-0.3, -0.25) is 19.5 Å². The molecule has 186 valence electrons. The number of rotatable bonds is 4. The van der Waals surface area contributed by atoms with E-state index in [1.807, 2.05) is 30.3 Å². The van der Waals surface area contributed by atoms with E-state index in [9.17, 15) is 9.90 Å². The molecular formula is C27H29N5O4. The third-order valence-corrected chi connectivity index (χ3v) is 7.31. The number of hydrogen-bond acceptors (Lipinski definition) is 7. The number of ether oxygens (including phenoxy) is 2. The zero-order valence-corrected chi connectivity index (χ0v) is 20.4. The Morgan fingerprint density at radius 1 is 1.33 bits per heavy atom. The third-order valence-electron chi connectivity index (χ3n) is 7.31. The van der Waals surface area contributed by atoms with Crippen LogP contribution in [-0.4, -0.2) is 62.1 Å². The number of aromatic nitrogens is 4. The van der Waals surface area contributed by atoms with Gasteiger partial charge in [0.25, 0.3) is 5.56 Å². The highest BCUT2D eigenvalue weighted by molar-refractivity contribution is 5.95. The maximum Gasteiger partial charge on any atom is 0.274 e. The monoisotopic (exact) mass is 487 g/mol. The quantitative estimate of drug-likeness (QED) is 0.425. The minimum atomic E-state index is -0.732. The number of benzene rings is 2. The van der Waals surface area contributed by atoms with Crippen molar-refractivity contribution in [3.63, 3.8) is 0 Å². The van der Waals surface area contributed by atoms with Crippen molar-refractivity contribution in [2.45, 2.75) is 44.6 Å². The Bertz CT molecular complexity index is 1540. The predicted octanol–water partition coefficient (Wildman–Crippen LogP) is 3.41. The Morgan fingerprint density at radius 2 is 2.19 bits per heavy atom. The zero-order chi connectivity index (χ0) is 25.0. The summed E-state index contributed by atoms with van der Waals surface area (Å²) in [6.45, 7) is 7.94. The number of aliphatic hydroxyl groups is 1. The Balaban J connectivity index is 1.64. The molecule has 0 spiro atoms. The van der Waals surface area contributed by atoms with Gasteiger partial charge in [-0.2, -0.15) is 0 Å². The Labute approximate surface area is 208 Å². The van der Waals surface area contributed by atoms with Crippen molar-refractivity contribution in [1.82, 2.24) is 24.6 Å². The molecule has 2 aromatic heterocycles. The molecule has 2 aliphatic rings. The van der Waals surface area contributed by atoms with Crippen LogP contribution in [0.25, 0.3) is 33.2 Å². The summed E-state index contributed by atoms with van der Waals surface area (Å²) in [4.78, 5) is 25.3. The SMILES string of the molecule is C=CC[C@H](O)c1cc2c3nc(c(OC)nc3c1)-c1cccc3c(=O)n([nH]c13)CCN1CC(C[C@H]1C)O2. The molecule has 0 radical (unpaired) electrons. The zero-order valence-electron chi connectivity index (χ0n) is 20.4. The van der Waals surface area contributed by atoms with E-state index in [0.29, 0.717) is 63.8 Å². The Morgan fingerprint density at radius 3 is 3.00 bits per heavy atom. The number of H-pyrrole nitrogens is 1. The van der Waals surface area contributed by atoms with E-state index in [0.717, 1.165) is 25.1 Å². The van der Waals surface area contributed by atoms with E-state index in [1.54, 1.807) is 17.9 Å². The molecule has 6 bridgehead atoms. The first-order chi connectivity index (χ1) is 17.5. The molecule has 4 heterocycles. The summed E-state index contributed by atoms with van der Waals surface area (Å²) < 4.78 is 13.9. The molecule has 2 unspecified atom stereocenters. The van der Waals surface area contributed by atoms with E-state index in [4.69, 9.17) is 19.4 Å². The molecule has 2 aliphatic heterocycles. The molecule has 0 saturated carbocycles. The van der Waals surface area contributed by atoms with Crippen LogP contribution in [-0.2, 0) is 6.54 Å². The number of hydrogen-bond donors (Lipinski definition) is 2. The van der Waals surface area contributed by atoms with Crippen LogP contribution in [0.3, 0.4) is 0 Å². The lowest BCUT2D eigenvalue weighted by Crippen LogP contribution is -2.33. The number of aliphatic hydroxyl groups excluding tert-OH is 1. The summed E-state index contributed by atoms with van der Waals surface area (Å²) in [5.41, 5.74) is 3.72. The lowest BCUT2D eigenvalue weighted by Gasteiger charge is -2.21. The van der Waals surface area contributed by atoms with Crippen LogP contribution < -0.4 is 15.0 Å². The van der Waals surface area contributed by atoms with Crippen molar-refractivity contribution < 1.29 is 14.6 Å². The summed E-state index contributed by atoms with van der Waals surface area (Å²) in [7, 11) is 1.55. The molecular weight excluding hydrogens is 458 g/mol. The molecule has 36 heavy (non-hydrogen) atoms. The molecule has 4 aromatic rings. The van der Waals surface area contributed by atoms with Crippen LogP contribution in [0.2, 0.25) is 0 Å². The van der Waals surface area contributed by atoms with Gasteiger partial charge in [0.15, 0.2) is 0 Å². The van der Waals surface area contributed by atoms with Crippen LogP contribution >= 0.6 is 0 Å². The topological polar surface area (TPSA) is 106 Å². The summed E-state index contributed by atoms with van der Waals surface area (Å²) in [6.07, 6.45) is 2.16. The second kappa shape index (κ2) is 8.76. The highest BCUT2D eigenvalue weighted by Gasteiger charge is 2.32. The molecule has 2 N–H and O–H groups in total. The summed E-state index contributed by atoms with van der Waals surface area (Å²) in [6, 6.07) is 9.56. The molecule has 2 aromatic carbocycles. The van der Waals surface area contributed by atoms with E-state index < -0.39 is 6.10 Å². The van der Waals surface area contributed by atoms with Crippen LogP contribution in [0.1, 0.15) is 31.4 Å². The smallest absolute Gasteiger partial charge is 0.274 e.